The number of nitrogens with one attached hydrogen (secondary N) is 1. The molecule has 0 aliphatic heterocycles. The summed E-state index contributed by atoms with van der Waals surface area (Å²) < 4.78 is 18.5. The van der Waals surface area contributed by atoms with Gasteiger partial charge >= 0.3 is 0 Å². The number of halogens is 2. The molecule has 0 saturated heterocycles. The van der Waals surface area contributed by atoms with Crippen LogP contribution in [0.2, 0.25) is 5.02 Å². The molecule has 0 atom stereocenters. The van der Waals surface area contributed by atoms with E-state index in [1.165, 1.54) is 6.07 Å². The summed E-state index contributed by atoms with van der Waals surface area (Å²) in [6.45, 7) is 6.52. The van der Waals surface area contributed by atoms with Crippen LogP contribution in [0.3, 0.4) is 0 Å². The van der Waals surface area contributed by atoms with Crippen molar-refractivity contribution in [3.63, 3.8) is 0 Å². The summed E-state index contributed by atoms with van der Waals surface area (Å²) in [6.07, 6.45) is 0. The van der Waals surface area contributed by atoms with Gasteiger partial charge in [0, 0.05) is 13.1 Å². The van der Waals surface area contributed by atoms with E-state index in [0.717, 1.165) is 12.1 Å². The monoisotopic (exact) mass is 367 g/mol. The zero-order chi connectivity index (χ0) is 18.6. The van der Waals surface area contributed by atoms with E-state index >= 15 is 0 Å². The van der Waals surface area contributed by atoms with Gasteiger partial charge < -0.3 is 14.6 Å². The number of hydrogen-bond acceptors (Lipinski definition) is 4. The number of hydrogen-bond donors (Lipinski definition) is 1. The molecule has 0 aliphatic carbocycles. The van der Waals surface area contributed by atoms with Crippen LogP contribution in [0.1, 0.15) is 46.3 Å². The largest absolute Gasteiger partial charge is 0.443 e. The number of oxazole rings is 1. The van der Waals surface area contributed by atoms with E-state index < -0.39 is 11.7 Å². The molecule has 6 nitrogen and oxygen atoms in total. The molecule has 8 heteroatoms. The molecular weight excluding hydrogens is 349 g/mol. The van der Waals surface area contributed by atoms with Gasteiger partial charge in [0.1, 0.15) is 11.6 Å². The molecule has 25 heavy (non-hydrogen) atoms. The number of rotatable bonds is 6. The van der Waals surface area contributed by atoms with Gasteiger partial charge in [-0.25, -0.2) is 9.37 Å². The quantitative estimate of drug-likeness (QED) is 0.850. The van der Waals surface area contributed by atoms with Crippen molar-refractivity contribution in [1.82, 2.24) is 15.2 Å². The first kappa shape index (κ1) is 18.9. The molecule has 0 fully saturated rings. The highest BCUT2D eigenvalue weighted by molar-refractivity contribution is 6.33. The van der Waals surface area contributed by atoms with Gasteiger partial charge in [-0.1, -0.05) is 11.6 Å². The van der Waals surface area contributed by atoms with Crippen molar-refractivity contribution in [1.29, 1.82) is 0 Å². The average molecular weight is 368 g/mol. The predicted octanol–water partition coefficient (Wildman–Crippen LogP) is 3.19. The minimum absolute atomic E-state index is 0.0125. The van der Waals surface area contributed by atoms with Gasteiger partial charge in [-0.3, -0.25) is 9.59 Å². The second-order valence-corrected chi connectivity index (χ2v) is 5.70. The van der Waals surface area contributed by atoms with Crippen molar-refractivity contribution in [2.45, 2.75) is 27.3 Å². The normalized spacial score (nSPS) is 10.6. The second kappa shape index (κ2) is 8.11. The Hall–Kier alpha value is -2.41. The molecule has 0 saturated carbocycles. The first-order chi connectivity index (χ1) is 11.9. The van der Waals surface area contributed by atoms with Crippen LogP contribution >= 0.6 is 11.6 Å². The van der Waals surface area contributed by atoms with Crippen molar-refractivity contribution in [2.24, 2.45) is 0 Å². The number of benzene rings is 1. The third kappa shape index (κ3) is 4.36. The summed E-state index contributed by atoms with van der Waals surface area (Å²) in [5.41, 5.74) is 0.374. The van der Waals surface area contributed by atoms with Crippen molar-refractivity contribution < 1.29 is 18.4 Å². The van der Waals surface area contributed by atoms with Crippen LogP contribution in [0.5, 0.6) is 0 Å². The summed E-state index contributed by atoms with van der Waals surface area (Å²) >= 11 is 5.85. The summed E-state index contributed by atoms with van der Waals surface area (Å²) in [4.78, 5) is 30.2. The zero-order valence-electron chi connectivity index (χ0n) is 14.2. The van der Waals surface area contributed by atoms with Crippen LogP contribution in [-0.4, -0.2) is 34.8 Å². The van der Waals surface area contributed by atoms with Gasteiger partial charge in [-0.05, 0) is 39.0 Å². The summed E-state index contributed by atoms with van der Waals surface area (Å²) in [7, 11) is 0. The lowest BCUT2D eigenvalue weighted by Gasteiger charge is -2.16. The van der Waals surface area contributed by atoms with Crippen LogP contribution in [0.25, 0.3) is 0 Å². The van der Waals surface area contributed by atoms with Crippen LogP contribution in [-0.2, 0) is 6.54 Å². The Balaban J connectivity index is 2.08. The highest BCUT2D eigenvalue weighted by Gasteiger charge is 2.21. The highest BCUT2D eigenvalue weighted by Crippen LogP contribution is 2.17. The number of carbonyl (C=O) groups is 2. The number of nitrogens with zero attached hydrogens (tertiary/aromatic N) is 2. The molecule has 0 unspecified atom stereocenters. The third-order valence-electron chi connectivity index (χ3n) is 3.67. The molecule has 0 bridgehead atoms. The smallest absolute Gasteiger partial charge is 0.276 e. The Labute approximate surface area is 150 Å². The standard InChI is InChI=1S/C17H19ClFN3O3/c1-4-22(5-2)17(24)15-10(3)25-14(21-15)9-20-16(23)12-7-6-11(19)8-13(12)18/h6-8H,4-5,9H2,1-3H3,(H,20,23). The van der Waals surface area contributed by atoms with Gasteiger partial charge in [0.05, 0.1) is 17.1 Å². The minimum Gasteiger partial charge on any atom is -0.443 e. The Morgan fingerprint density at radius 1 is 1.32 bits per heavy atom. The van der Waals surface area contributed by atoms with E-state index in [4.69, 9.17) is 16.0 Å². The predicted molar refractivity (Wildman–Crippen MR) is 91.1 cm³/mol. The van der Waals surface area contributed by atoms with Crippen molar-refractivity contribution in [3.05, 3.63) is 51.9 Å². The van der Waals surface area contributed by atoms with Gasteiger partial charge in [0.25, 0.3) is 11.8 Å². The molecule has 0 spiro atoms. The fourth-order valence-electron chi connectivity index (χ4n) is 2.31. The first-order valence-corrected chi connectivity index (χ1v) is 8.24. The lowest BCUT2D eigenvalue weighted by molar-refractivity contribution is 0.0766. The van der Waals surface area contributed by atoms with E-state index in [9.17, 15) is 14.0 Å². The lowest BCUT2D eigenvalue weighted by atomic mass is 10.2. The number of aromatic nitrogens is 1. The third-order valence-corrected chi connectivity index (χ3v) is 3.98. The Kier molecular flexibility index (Phi) is 6.14. The van der Waals surface area contributed by atoms with Crippen LogP contribution in [0.15, 0.2) is 22.6 Å². The van der Waals surface area contributed by atoms with E-state index in [-0.39, 0.29) is 34.6 Å². The second-order valence-electron chi connectivity index (χ2n) is 5.30. The van der Waals surface area contributed by atoms with E-state index in [0.29, 0.717) is 18.8 Å². The molecule has 1 aromatic heterocycles. The number of carbonyl (C=O) groups excluding carboxylic acids is 2. The maximum atomic E-state index is 13.0. The molecule has 0 aliphatic rings. The molecular formula is C17H19ClFN3O3. The molecule has 0 radical (unpaired) electrons. The Bertz CT molecular complexity index is 787. The maximum absolute atomic E-state index is 13.0. The van der Waals surface area contributed by atoms with Gasteiger partial charge in [-0.15, -0.1) is 0 Å². The minimum atomic E-state index is -0.524. The number of aryl methyl sites for hydroxylation is 1. The SMILES string of the molecule is CCN(CC)C(=O)c1nc(CNC(=O)c2ccc(F)cc2Cl)oc1C. The van der Waals surface area contributed by atoms with Gasteiger partial charge in [0.2, 0.25) is 5.89 Å². The van der Waals surface area contributed by atoms with E-state index in [1.807, 2.05) is 13.8 Å². The lowest BCUT2D eigenvalue weighted by Crippen LogP contribution is -2.31. The summed E-state index contributed by atoms with van der Waals surface area (Å²) in [5.74, 6) is -0.632. The molecule has 2 rings (SSSR count). The van der Waals surface area contributed by atoms with Crippen molar-refractivity contribution >= 4 is 23.4 Å². The summed E-state index contributed by atoms with van der Waals surface area (Å²) in [6, 6.07) is 3.51. The van der Waals surface area contributed by atoms with Crippen LogP contribution in [0, 0.1) is 12.7 Å². The van der Waals surface area contributed by atoms with Crippen molar-refractivity contribution in [3.8, 4) is 0 Å². The first-order valence-electron chi connectivity index (χ1n) is 7.86. The summed E-state index contributed by atoms with van der Waals surface area (Å²) in [5, 5.41) is 2.60. The fourth-order valence-corrected chi connectivity index (χ4v) is 2.56. The Morgan fingerprint density at radius 3 is 2.60 bits per heavy atom. The molecule has 2 amide bonds. The van der Waals surface area contributed by atoms with Crippen molar-refractivity contribution in [2.75, 3.05) is 13.1 Å². The van der Waals surface area contributed by atoms with Gasteiger partial charge in [0.15, 0.2) is 5.69 Å². The van der Waals surface area contributed by atoms with E-state index in [2.05, 4.69) is 10.3 Å². The van der Waals surface area contributed by atoms with Gasteiger partial charge in [-0.2, -0.15) is 0 Å². The van der Waals surface area contributed by atoms with Crippen LogP contribution < -0.4 is 5.32 Å². The fraction of sp³-hybridized carbons (Fsp3) is 0.353. The molecule has 2 aromatic rings. The molecule has 134 valence electrons. The number of amides is 2. The Morgan fingerprint density at radius 2 is 2.00 bits per heavy atom. The topological polar surface area (TPSA) is 75.4 Å². The van der Waals surface area contributed by atoms with Crippen LogP contribution in [0.4, 0.5) is 4.39 Å². The molecule has 1 aromatic carbocycles. The average Bonchev–Trinajstić information content (AvgIpc) is 2.94. The highest BCUT2D eigenvalue weighted by atomic mass is 35.5. The molecule has 1 heterocycles. The maximum Gasteiger partial charge on any atom is 0.276 e. The molecule has 1 N–H and O–H groups in total. The zero-order valence-corrected chi connectivity index (χ0v) is 15.0. The van der Waals surface area contributed by atoms with E-state index in [1.54, 1.807) is 11.8 Å².